The monoisotopic (exact) mass is 190 g/mol. The van der Waals surface area contributed by atoms with Gasteiger partial charge in [-0.3, -0.25) is 0 Å². The van der Waals surface area contributed by atoms with Crippen LogP contribution in [-0.2, 0) is 6.54 Å². The van der Waals surface area contributed by atoms with Gasteiger partial charge in [0.25, 0.3) is 5.88 Å². The van der Waals surface area contributed by atoms with Crippen molar-refractivity contribution in [3.8, 4) is 11.6 Å². The molecule has 2 N–H and O–H groups in total. The zero-order valence-electron chi connectivity index (χ0n) is 7.51. The Morgan fingerprint density at radius 3 is 2.79 bits per heavy atom. The molecule has 72 valence electrons. The first-order chi connectivity index (χ1) is 6.90. The summed E-state index contributed by atoms with van der Waals surface area (Å²) in [6, 6.07) is 9.37. The molecule has 1 aromatic heterocycles. The molecule has 0 amide bonds. The van der Waals surface area contributed by atoms with Crippen LogP contribution in [0, 0.1) is 0 Å². The average molecular weight is 190 g/mol. The van der Waals surface area contributed by atoms with Crippen LogP contribution >= 0.6 is 0 Å². The lowest BCUT2D eigenvalue weighted by Crippen LogP contribution is -1.97. The second-order valence-corrected chi connectivity index (χ2v) is 2.76. The van der Waals surface area contributed by atoms with Gasteiger partial charge in [0, 0.05) is 6.54 Å². The molecule has 0 saturated heterocycles. The van der Waals surface area contributed by atoms with Gasteiger partial charge in [0.2, 0.25) is 0 Å². The van der Waals surface area contributed by atoms with E-state index >= 15 is 0 Å². The van der Waals surface area contributed by atoms with E-state index in [1.165, 1.54) is 6.26 Å². The minimum atomic E-state index is 0.353. The van der Waals surface area contributed by atoms with E-state index in [1.807, 2.05) is 30.3 Å². The molecule has 0 atom stereocenters. The topological polar surface area (TPSA) is 61.3 Å². The summed E-state index contributed by atoms with van der Waals surface area (Å²) in [5.41, 5.74) is 6.23. The number of nitrogens with two attached hydrogens (primary N) is 1. The van der Waals surface area contributed by atoms with Crippen molar-refractivity contribution < 1.29 is 9.26 Å². The Morgan fingerprint density at radius 2 is 2.07 bits per heavy atom. The van der Waals surface area contributed by atoms with Crippen molar-refractivity contribution in [3.05, 3.63) is 42.2 Å². The van der Waals surface area contributed by atoms with Crippen molar-refractivity contribution in [2.24, 2.45) is 5.73 Å². The largest absolute Gasteiger partial charge is 0.436 e. The first-order valence-corrected chi connectivity index (χ1v) is 4.26. The Labute approximate surface area is 81.3 Å². The predicted octanol–water partition coefficient (Wildman–Crippen LogP) is 1.93. The smallest absolute Gasteiger partial charge is 0.264 e. The van der Waals surface area contributed by atoms with E-state index in [9.17, 15) is 0 Å². The van der Waals surface area contributed by atoms with Gasteiger partial charge in [0.1, 0.15) is 12.0 Å². The number of aromatic nitrogens is 1. The summed E-state index contributed by atoms with van der Waals surface area (Å²) in [4.78, 5) is 0. The molecule has 2 aromatic rings. The van der Waals surface area contributed by atoms with Crippen LogP contribution in [0.1, 0.15) is 5.56 Å². The summed E-state index contributed by atoms with van der Waals surface area (Å²) in [5.74, 6) is 1.15. The van der Waals surface area contributed by atoms with E-state index in [2.05, 4.69) is 5.16 Å². The molecule has 1 aromatic carbocycles. The molecule has 0 fully saturated rings. The molecule has 0 bridgehead atoms. The standard InChI is InChI=1S/C10H10N2O2/c11-6-8-7-13-12-10(8)14-9-4-2-1-3-5-9/h1-5,7H,6,11H2. The maximum atomic E-state index is 5.47. The first kappa shape index (κ1) is 8.77. The molecule has 4 nitrogen and oxygen atoms in total. The zero-order chi connectivity index (χ0) is 9.80. The Kier molecular flexibility index (Phi) is 2.46. The van der Waals surface area contributed by atoms with Gasteiger partial charge in [0.05, 0.1) is 5.56 Å². The third kappa shape index (κ3) is 1.75. The van der Waals surface area contributed by atoms with Crippen LogP contribution in [0.15, 0.2) is 41.1 Å². The van der Waals surface area contributed by atoms with Crippen LogP contribution in [0.4, 0.5) is 0 Å². The van der Waals surface area contributed by atoms with Crippen LogP contribution in [-0.4, -0.2) is 5.16 Å². The number of hydrogen-bond donors (Lipinski definition) is 1. The molecule has 0 spiro atoms. The number of rotatable bonds is 3. The molecule has 0 saturated carbocycles. The van der Waals surface area contributed by atoms with Crippen LogP contribution in [0.3, 0.4) is 0 Å². The molecule has 0 aliphatic rings. The quantitative estimate of drug-likeness (QED) is 0.803. The van der Waals surface area contributed by atoms with Crippen LogP contribution in [0.25, 0.3) is 0 Å². The summed E-state index contributed by atoms with van der Waals surface area (Å²) in [7, 11) is 0. The lowest BCUT2D eigenvalue weighted by molar-refractivity contribution is 0.366. The van der Waals surface area contributed by atoms with E-state index in [-0.39, 0.29) is 0 Å². The van der Waals surface area contributed by atoms with Crippen molar-refractivity contribution in [1.29, 1.82) is 0 Å². The van der Waals surface area contributed by atoms with E-state index in [0.717, 1.165) is 11.3 Å². The number of para-hydroxylation sites is 1. The van der Waals surface area contributed by atoms with E-state index in [4.69, 9.17) is 15.0 Å². The molecule has 2 rings (SSSR count). The normalized spacial score (nSPS) is 10.1. The number of hydrogen-bond acceptors (Lipinski definition) is 4. The summed E-state index contributed by atoms with van der Waals surface area (Å²) in [6.07, 6.45) is 1.48. The van der Waals surface area contributed by atoms with Crippen LogP contribution in [0.5, 0.6) is 11.6 Å². The number of benzene rings is 1. The minimum Gasteiger partial charge on any atom is -0.436 e. The van der Waals surface area contributed by atoms with Gasteiger partial charge >= 0.3 is 0 Å². The Bertz CT molecular complexity index is 398. The summed E-state index contributed by atoms with van der Waals surface area (Å²) in [6.45, 7) is 0.353. The highest BCUT2D eigenvalue weighted by molar-refractivity contribution is 5.29. The molecule has 0 radical (unpaired) electrons. The maximum absolute atomic E-state index is 5.47. The van der Waals surface area contributed by atoms with Gasteiger partial charge in [-0.1, -0.05) is 18.2 Å². The lowest BCUT2D eigenvalue weighted by atomic mass is 10.3. The SMILES string of the molecule is NCc1conc1Oc1ccccc1. The predicted molar refractivity (Wildman–Crippen MR) is 50.9 cm³/mol. The fourth-order valence-electron chi connectivity index (χ4n) is 1.07. The highest BCUT2D eigenvalue weighted by atomic mass is 16.5. The summed E-state index contributed by atoms with van der Waals surface area (Å²) >= 11 is 0. The molecule has 14 heavy (non-hydrogen) atoms. The van der Waals surface area contributed by atoms with Gasteiger partial charge in [-0.2, -0.15) is 0 Å². The highest BCUT2D eigenvalue weighted by Gasteiger charge is 2.07. The van der Waals surface area contributed by atoms with E-state index < -0.39 is 0 Å². The second-order valence-electron chi connectivity index (χ2n) is 2.76. The highest BCUT2D eigenvalue weighted by Crippen LogP contribution is 2.22. The fraction of sp³-hybridized carbons (Fsp3) is 0.100. The number of ether oxygens (including phenoxy) is 1. The molecule has 0 aliphatic carbocycles. The summed E-state index contributed by atoms with van der Waals surface area (Å²) < 4.78 is 10.2. The third-order valence-electron chi connectivity index (χ3n) is 1.78. The zero-order valence-corrected chi connectivity index (χ0v) is 7.51. The van der Waals surface area contributed by atoms with E-state index in [0.29, 0.717) is 12.4 Å². The third-order valence-corrected chi connectivity index (χ3v) is 1.78. The number of nitrogens with zero attached hydrogens (tertiary/aromatic N) is 1. The summed E-state index contributed by atoms with van der Waals surface area (Å²) in [5, 5.41) is 3.71. The minimum absolute atomic E-state index is 0.353. The van der Waals surface area contributed by atoms with Gasteiger partial charge in [-0.15, -0.1) is 0 Å². The van der Waals surface area contributed by atoms with Crippen molar-refractivity contribution in [3.63, 3.8) is 0 Å². The Hall–Kier alpha value is -1.81. The van der Waals surface area contributed by atoms with Crippen molar-refractivity contribution in [1.82, 2.24) is 5.16 Å². The van der Waals surface area contributed by atoms with Gasteiger partial charge in [-0.05, 0) is 17.3 Å². The van der Waals surface area contributed by atoms with Crippen LogP contribution < -0.4 is 10.5 Å². The Balaban J connectivity index is 2.19. The second kappa shape index (κ2) is 3.93. The molecule has 1 heterocycles. The van der Waals surface area contributed by atoms with E-state index in [1.54, 1.807) is 0 Å². The van der Waals surface area contributed by atoms with Gasteiger partial charge in [0.15, 0.2) is 0 Å². The molecule has 0 unspecified atom stereocenters. The molecular formula is C10H10N2O2. The van der Waals surface area contributed by atoms with Gasteiger partial charge < -0.3 is 15.0 Å². The van der Waals surface area contributed by atoms with Crippen molar-refractivity contribution in [2.75, 3.05) is 0 Å². The fourth-order valence-corrected chi connectivity index (χ4v) is 1.07. The Morgan fingerprint density at radius 1 is 1.29 bits per heavy atom. The maximum Gasteiger partial charge on any atom is 0.264 e. The first-order valence-electron chi connectivity index (χ1n) is 4.26. The average Bonchev–Trinajstić information content (AvgIpc) is 2.67. The van der Waals surface area contributed by atoms with Crippen molar-refractivity contribution >= 4 is 0 Å². The van der Waals surface area contributed by atoms with Gasteiger partial charge in [-0.25, -0.2) is 0 Å². The molecule has 0 aliphatic heterocycles. The van der Waals surface area contributed by atoms with Crippen molar-refractivity contribution in [2.45, 2.75) is 6.54 Å². The molecule has 4 heteroatoms. The lowest BCUT2D eigenvalue weighted by Gasteiger charge is -2.01. The van der Waals surface area contributed by atoms with Crippen LogP contribution in [0.2, 0.25) is 0 Å². The molecular weight excluding hydrogens is 180 g/mol.